The van der Waals surface area contributed by atoms with Gasteiger partial charge in [-0.3, -0.25) is 19.2 Å². The zero-order valence-electron chi connectivity index (χ0n) is 33.1. The fourth-order valence-corrected chi connectivity index (χ4v) is 9.16. The number of fused-ring (bicyclic) bond motifs is 1. The molecule has 13 nitrogen and oxygen atoms in total. The summed E-state index contributed by atoms with van der Waals surface area (Å²) < 4.78 is 37.7. The minimum absolute atomic E-state index is 0.0101. The molecular weight excluding hydrogens is 747 g/mol. The summed E-state index contributed by atoms with van der Waals surface area (Å²) in [5.74, 6) is -1.83. The second-order valence-electron chi connectivity index (χ2n) is 16.9. The molecule has 0 spiro atoms. The van der Waals surface area contributed by atoms with Crippen molar-refractivity contribution in [3.05, 3.63) is 67.3 Å². The number of ether oxygens (including phenoxy) is 2. The number of rotatable bonds is 13. The Balaban J connectivity index is 1.23. The monoisotopic (exact) mass is 799 g/mol. The molecule has 304 valence electrons. The van der Waals surface area contributed by atoms with E-state index < -0.39 is 63.7 Å². The smallest absolute Gasteiger partial charge is 0.262 e. The number of carbonyl (C=O) groups excluding carboxylic acids is 4. The van der Waals surface area contributed by atoms with E-state index in [1.807, 2.05) is 80.3 Å². The Bertz CT molecular complexity index is 2120. The SMILES string of the molecule is C=C[C@@H]1C[C@]1(NC(=O)[C@@H]1C[C@@H](Oc2cc(-c3ccccc3)nc3cc(OC)ccc23)CN1C(=O)C(CC(=O)N1CCCCC1)C(C)(C)C)C(=O)N(C1CC1)[SH](=O)=O. The third-order valence-electron chi connectivity index (χ3n) is 11.9. The molecule has 3 heterocycles. The van der Waals surface area contributed by atoms with E-state index in [1.54, 1.807) is 13.2 Å². The molecule has 2 saturated heterocycles. The lowest BCUT2D eigenvalue weighted by atomic mass is 9.77. The van der Waals surface area contributed by atoms with Gasteiger partial charge in [0.15, 0.2) is 0 Å². The Hall–Kier alpha value is -4.98. The van der Waals surface area contributed by atoms with Gasteiger partial charge >= 0.3 is 0 Å². The molecular formula is C43H53N5O8S. The van der Waals surface area contributed by atoms with Crippen LogP contribution in [-0.2, 0) is 30.1 Å². The number of pyridine rings is 1. The van der Waals surface area contributed by atoms with Crippen molar-refractivity contribution >= 4 is 45.4 Å². The van der Waals surface area contributed by atoms with Crippen LogP contribution in [0.15, 0.2) is 67.3 Å². The van der Waals surface area contributed by atoms with E-state index >= 15 is 0 Å². The summed E-state index contributed by atoms with van der Waals surface area (Å²) in [7, 11) is -1.64. The van der Waals surface area contributed by atoms with Gasteiger partial charge in [-0.25, -0.2) is 17.7 Å². The molecule has 1 aromatic heterocycles. The van der Waals surface area contributed by atoms with Crippen LogP contribution in [0.2, 0.25) is 0 Å². The van der Waals surface area contributed by atoms with Gasteiger partial charge < -0.3 is 24.6 Å². The van der Waals surface area contributed by atoms with Gasteiger partial charge in [0.2, 0.25) is 28.6 Å². The van der Waals surface area contributed by atoms with E-state index in [1.165, 1.54) is 4.90 Å². The minimum atomic E-state index is -3.23. The van der Waals surface area contributed by atoms with Gasteiger partial charge in [-0.15, -0.1) is 6.58 Å². The molecule has 4 amide bonds. The highest BCUT2D eigenvalue weighted by molar-refractivity contribution is 7.70. The molecule has 5 atom stereocenters. The fourth-order valence-electron chi connectivity index (χ4n) is 8.34. The number of aromatic nitrogens is 1. The van der Waals surface area contributed by atoms with Crippen LogP contribution in [0.1, 0.15) is 72.1 Å². The van der Waals surface area contributed by atoms with Crippen molar-refractivity contribution < 1.29 is 37.1 Å². The number of nitrogens with zero attached hydrogens (tertiary/aromatic N) is 4. The van der Waals surface area contributed by atoms with Crippen molar-refractivity contribution in [3.8, 4) is 22.8 Å². The van der Waals surface area contributed by atoms with Crippen molar-refractivity contribution in [2.24, 2.45) is 17.3 Å². The lowest BCUT2D eigenvalue weighted by Crippen LogP contribution is -2.57. The molecule has 2 aromatic carbocycles. The van der Waals surface area contributed by atoms with Crippen molar-refractivity contribution in [3.63, 3.8) is 0 Å². The van der Waals surface area contributed by atoms with Crippen molar-refractivity contribution in [1.82, 2.24) is 24.4 Å². The van der Waals surface area contributed by atoms with Crippen LogP contribution in [0.25, 0.3) is 22.2 Å². The summed E-state index contributed by atoms with van der Waals surface area (Å²) in [6.07, 6.45) is 5.18. The van der Waals surface area contributed by atoms with Crippen LogP contribution in [0, 0.1) is 17.3 Å². The van der Waals surface area contributed by atoms with Crippen LogP contribution in [-0.4, -0.2) is 102 Å². The normalized spacial score (nSPS) is 23.8. The van der Waals surface area contributed by atoms with Crippen molar-refractivity contribution in [1.29, 1.82) is 0 Å². The molecule has 57 heavy (non-hydrogen) atoms. The zero-order valence-corrected chi connectivity index (χ0v) is 34.0. The highest BCUT2D eigenvalue weighted by atomic mass is 32.2. The van der Waals surface area contributed by atoms with E-state index in [2.05, 4.69) is 11.9 Å². The number of hydrogen-bond acceptors (Lipinski definition) is 9. The average Bonchev–Trinajstić information content (AvgIpc) is 4.12. The molecule has 1 unspecified atom stereocenters. The van der Waals surface area contributed by atoms with Gasteiger partial charge in [-0.1, -0.05) is 57.2 Å². The lowest BCUT2D eigenvalue weighted by Gasteiger charge is -2.36. The third-order valence-corrected chi connectivity index (χ3v) is 12.8. The van der Waals surface area contributed by atoms with Crippen LogP contribution in [0.4, 0.5) is 0 Å². The van der Waals surface area contributed by atoms with Gasteiger partial charge in [-0.2, -0.15) is 0 Å². The number of methoxy groups -OCH3 is 1. The number of benzene rings is 2. The number of hydrogen-bond donors (Lipinski definition) is 2. The van der Waals surface area contributed by atoms with E-state index in [0.717, 1.165) is 29.1 Å². The molecule has 14 heteroatoms. The summed E-state index contributed by atoms with van der Waals surface area (Å²) in [5, 5.41) is 3.64. The topological polar surface area (TPSA) is 156 Å². The van der Waals surface area contributed by atoms with Crippen LogP contribution >= 0.6 is 0 Å². The molecule has 2 saturated carbocycles. The molecule has 3 aromatic rings. The number of piperidine rings is 1. The number of nitrogens with one attached hydrogen (secondary N) is 1. The maximum atomic E-state index is 14.9. The highest BCUT2D eigenvalue weighted by Gasteiger charge is 2.63. The van der Waals surface area contributed by atoms with Gasteiger partial charge in [-0.05, 0) is 56.1 Å². The van der Waals surface area contributed by atoms with E-state index in [0.29, 0.717) is 54.0 Å². The maximum absolute atomic E-state index is 14.9. The summed E-state index contributed by atoms with van der Waals surface area (Å²) in [6.45, 7) is 10.9. The summed E-state index contributed by atoms with van der Waals surface area (Å²) in [4.78, 5) is 65.3. The Kier molecular flexibility index (Phi) is 11.4. The van der Waals surface area contributed by atoms with E-state index in [9.17, 15) is 27.6 Å². The summed E-state index contributed by atoms with van der Waals surface area (Å²) >= 11 is 0. The standard InChI is InChI=1S/C43H53N5O8S/c1-6-28-25-43(28,41(52)48(57(53)54)29-15-16-29)45-39(50)36-22-31(26-47(36)40(51)33(42(2,3)4)23-38(49)46-19-11-8-12-20-46)56-37-24-34(27-13-9-7-10-14-27)44-35-21-30(55-5)17-18-32(35)37/h6-7,9-10,13-14,17-18,21,24,28-29,31,33,36,57H,1,8,11-12,15-16,19-20,22-23,25-26H2,2-5H3,(H,45,50)/t28-,31-,33?,36+,43-/m1/s1. The zero-order chi connectivity index (χ0) is 40.6. The number of likely N-dealkylation sites (tertiary alicyclic amines) is 2. The Morgan fingerprint density at radius 2 is 1.77 bits per heavy atom. The van der Waals surface area contributed by atoms with Gasteiger partial charge in [0.1, 0.15) is 29.2 Å². The first-order valence-corrected chi connectivity index (χ1v) is 21.1. The Labute approximate surface area is 335 Å². The van der Waals surface area contributed by atoms with Crippen LogP contribution in [0.3, 0.4) is 0 Å². The summed E-state index contributed by atoms with van der Waals surface area (Å²) in [6, 6.07) is 15.5. The van der Waals surface area contributed by atoms with Gasteiger partial charge in [0.05, 0.1) is 30.8 Å². The number of carbonyl (C=O) groups is 4. The first-order valence-electron chi connectivity index (χ1n) is 20.0. The minimum Gasteiger partial charge on any atom is -0.497 e. The largest absolute Gasteiger partial charge is 0.497 e. The number of amides is 4. The Morgan fingerprint density at radius 1 is 1.05 bits per heavy atom. The Morgan fingerprint density at radius 3 is 2.39 bits per heavy atom. The first-order chi connectivity index (χ1) is 27.2. The van der Waals surface area contributed by atoms with E-state index in [4.69, 9.17) is 14.5 Å². The quantitative estimate of drug-likeness (QED) is 0.182. The number of thiol groups is 1. The summed E-state index contributed by atoms with van der Waals surface area (Å²) in [5.41, 5.74) is 0.0337. The van der Waals surface area contributed by atoms with Crippen LogP contribution < -0.4 is 14.8 Å². The predicted octanol–water partition coefficient (Wildman–Crippen LogP) is 4.90. The van der Waals surface area contributed by atoms with Crippen LogP contribution in [0.5, 0.6) is 11.5 Å². The maximum Gasteiger partial charge on any atom is 0.262 e. The first kappa shape index (κ1) is 40.2. The lowest BCUT2D eigenvalue weighted by molar-refractivity contribution is -0.149. The molecule has 4 fully saturated rings. The second-order valence-corrected chi connectivity index (χ2v) is 17.8. The molecule has 2 aliphatic carbocycles. The molecule has 0 bridgehead atoms. The third kappa shape index (κ3) is 8.37. The van der Waals surface area contributed by atoms with Crippen molar-refractivity contribution in [2.45, 2.75) is 95.9 Å². The second kappa shape index (κ2) is 16.1. The predicted molar refractivity (Wildman–Crippen MR) is 216 cm³/mol. The average molecular weight is 800 g/mol. The molecule has 4 aliphatic rings. The van der Waals surface area contributed by atoms with Gasteiger partial charge in [0, 0.05) is 61.0 Å². The molecule has 0 radical (unpaired) electrons. The van der Waals surface area contributed by atoms with Gasteiger partial charge in [0.25, 0.3) is 5.91 Å². The molecule has 7 rings (SSSR count). The van der Waals surface area contributed by atoms with E-state index in [-0.39, 0.29) is 37.6 Å². The van der Waals surface area contributed by atoms with Crippen molar-refractivity contribution in [2.75, 3.05) is 26.7 Å². The fraction of sp³-hybridized carbons (Fsp3) is 0.512. The molecule has 2 aliphatic heterocycles. The highest BCUT2D eigenvalue weighted by Crippen LogP contribution is 2.48. The molecule has 1 N–H and O–H groups in total.